The number of hydrogen-bond donors (Lipinski definition) is 1. The van der Waals surface area contributed by atoms with Crippen LogP contribution < -0.4 is 0 Å². The van der Waals surface area contributed by atoms with Gasteiger partial charge in [-0.25, -0.2) is 8.78 Å². The Labute approximate surface area is 170 Å². The van der Waals surface area contributed by atoms with Crippen LogP contribution in [0.1, 0.15) is 41.4 Å². The summed E-state index contributed by atoms with van der Waals surface area (Å²) in [7, 11) is 0. The third-order valence-electron chi connectivity index (χ3n) is 4.76. The fourth-order valence-electron chi connectivity index (χ4n) is 3.44. The Bertz CT molecular complexity index is 1140. The highest BCUT2D eigenvalue weighted by Gasteiger charge is 2.31. The molecule has 0 aliphatic carbocycles. The molecule has 0 saturated heterocycles. The molecule has 1 atom stereocenters. The van der Waals surface area contributed by atoms with Gasteiger partial charge in [0.1, 0.15) is 0 Å². The number of carbonyl (C=O) groups is 2. The average molecular weight is 422 g/mol. The van der Waals surface area contributed by atoms with Gasteiger partial charge in [0.25, 0.3) is 5.91 Å². The smallest absolute Gasteiger partial charge is 0.313 e. The van der Waals surface area contributed by atoms with Crippen LogP contribution in [0.5, 0.6) is 5.75 Å². The molecule has 0 amide bonds. The minimum Gasteiger partial charge on any atom is -0.503 e. The summed E-state index contributed by atoms with van der Waals surface area (Å²) in [6.07, 6.45) is 0. The van der Waals surface area contributed by atoms with E-state index in [1.807, 2.05) is 0 Å². The summed E-state index contributed by atoms with van der Waals surface area (Å²) in [5.74, 6) is -5.81. The molecule has 0 saturated carbocycles. The van der Waals surface area contributed by atoms with Gasteiger partial charge in [0, 0.05) is 27.7 Å². The number of aromatic nitrogens is 1. The Morgan fingerprint density at radius 3 is 2.59 bits per heavy atom. The first kappa shape index (κ1) is 20.8. The number of nitrogens with zero attached hydrogens (tertiary/aromatic N) is 1. The zero-order chi connectivity index (χ0) is 21.5. The molecule has 0 spiro atoms. The fourth-order valence-corrected chi connectivity index (χ4v) is 3.63. The highest BCUT2D eigenvalue weighted by molar-refractivity contribution is 6.31. The lowest BCUT2D eigenvalue weighted by Gasteiger charge is -2.12. The van der Waals surface area contributed by atoms with Crippen molar-refractivity contribution in [1.82, 2.24) is 4.57 Å². The van der Waals surface area contributed by atoms with Gasteiger partial charge in [0.15, 0.2) is 17.4 Å². The van der Waals surface area contributed by atoms with Gasteiger partial charge in [-0.1, -0.05) is 17.7 Å². The monoisotopic (exact) mass is 421 g/mol. The number of esters is 1. The number of phenols is 1. The minimum absolute atomic E-state index is 0.105. The van der Waals surface area contributed by atoms with Crippen molar-refractivity contribution in [3.63, 3.8) is 0 Å². The summed E-state index contributed by atoms with van der Waals surface area (Å²) in [5, 5.41) is 9.88. The van der Waals surface area contributed by atoms with E-state index in [-0.39, 0.29) is 34.3 Å². The fraction of sp³-hybridized carbons (Fsp3) is 0.238. The number of hydrogen-bond acceptors (Lipinski definition) is 4. The van der Waals surface area contributed by atoms with Crippen LogP contribution in [0, 0.1) is 18.6 Å². The second kappa shape index (κ2) is 7.83. The first-order chi connectivity index (χ1) is 13.7. The van der Waals surface area contributed by atoms with Crippen LogP contribution in [-0.2, 0) is 9.53 Å². The first-order valence-corrected chi connectivity index (χ1v) is 9.25. The van der Waals surface area contributed by atoms with Crippen molar-refractivity contribution in [3.8, 4) is 5.75 Å². The molecule has 0 bridgehead atoms. The number of halogens is 3. The minimum atomic E-state index is -1.24. The number of rotatable bonds is 4. The van der Waals surface area contributed by atoms with Gasteiger partial charge in [-0.15, -0.1) is 0 Å². The highest BCUT2D eigenvalue weighted by atomic mass is 35.5. The van der Waals surface area contributed by atoms with Crippen LogP contribution in [0.4, 0.5) is 8.78 Å². The Morgan fingerprint density at radius 1 is 1.28 bits per heavy atom. The van der Waals surface area contributed by atoms with E-state index in [1.54, 1.807) is 19.1 Å². The third kappa shape index (κ3) is 3.46. The molecular weight excluding hydrogens is 404 g/mol. The van der Waals surface area contributed by atoms with Gasteiger partial charge >= 0.3 is 5.97 Å². The lowest BCUT2D eigenvalue weighted by Crippen LogP contribution is -2.16. The molecule has 152 valence electrons. The van der Waals surface area contributed by atoms with E-state index in [1.165, 1.54) is 26.0 Å². The molecule has 1 N–H and O–H groups in total. The van der Waals surface area contributed by atoms with Crippen LogP contribution in [0.3, 0.4) is 0 Å². The molecule has 1 aromatic heterocycles. The van der Waals surface area contributed by atoms with Crippen LogP contribution in [0.25, 0.3) is 10.9 Å². The van der Waals surface area contributed by atoms with Gasteiger partial charge in [0.05, 0.1) is 18.0 Å². The normalized spacial score (nSPS) is 12.2. The van der Waals surface area contributed by atoms with Crippen LogP contribution in [-0.4, -0.2) is 28.2 Å². The molecule has 8 heteroatoms. The standard InChI is InChI=1S/C21H18ClF2NO4/c1-4-29-21(28)10(2)16-11(3)25(20(27)12-6-5-7-13(22)8-12)15-9-14(23)19(26)18(24)17(15)16/h5-10,26H,4H2,1-3H3/t10-/m0/s1. The SMILES string of the molecule is CCOC(=O)[C@@H](C)c1c(C)n(C(=O)c2cccc(Cl)c2)c2cc(F)c(O)c(F)c12. The van der Waals surface area contributed by atoms with Gasteiger partial charge < -0.3 is 9.84 Å². The Hall–Kier alpha value is -2.93. The number of benzene rings is 2. The van der Waals surface area contributed by atoms with E-state index in [0.717, 1.165) is 10.6 Å². The average Bonchev–Trinajstić information content (AvgIpc) is 2.97. The summed E-state index contributed by atoms with van der Waals surface area (Å²) in [5.41, 5.74) is 0.462. The molecule has 0 aliphatic rings. The molecule has 0 radical (unpaired) electrons. The molecule has 0 aliphatic heterocycles. The molecule has 2 aromatic carbocycles. The molecule has 5 nitrogen and oxygen atoms in total. The summed E-state index contributed by atoms with van der Waals surface area (Å²) in [6.45, 7) is 4.76. The van der Waals surface area contributed by atoms with Crippen molar-refractivity contribution >= 4 is 34.4 Å². The van der Waals surface area contributed by atoms with Crippen molar-refractivity contribution < 1.29 is 28.2 Å². The quantitative estimate of drug-likeness (QED) is 0.606. The highest BCUT2D eigenvalue weighted by Crippen LogP contribution is 2.39. The Kier molecular flexibility index (Phi) is 5.61. The van der Waals surface area contributed by atoms with Crippen LogP contribution in [0.2, 0.25) is 5.02 Å². The van der Waals surface area contributed by atoms with Crippen molar-refractivity contribution in [2.75, 3.05) is 6.61 Å². The Balaban J connectivity index is 2.35. The second-order valence-corrected chi connectivity index (χ2v) is 6.98. The second-order valence-electron chi connectivity index (χ2n) is 6.54. The van der Waals surface area contributed by atoms with Crippen molar-refractivity contribution in [3.05, 3.63) is 63.8 Å². The van der Waals surface area contributed by atoms with Crippen molar-refractivity contribution in [1.29, 1.82) is 0 Å². The zero-order valence-electron chi connectivity index (χ0n) is 15.9. The Morgan fingerprint density at radius 2 is 1.97 bits per heavy atom. The van der Waals surface area contributed by atoms with Crippen LogP contribution in [0.15, 0.2) is 30.3 Å². The van der Waals surface area contributed by atoms with Crippen LogP contribution >= 0.6 is 11.6 Å². The van der Waals surface area contributed by atoms with E-state index in [0.29, 0.717) is 5.02 Å². The largest absolute Gasteiger partial charge is 0.503 e. The first-order valence-electron chi connectivity index (χ1n) is 8.87. The summed E-state index contributed by atoms with van der Waals surface area (Å²) < 4.78 is 35.1. The maximum Gasteiger partial charge on any atom is 0.313 e. The lowest BCUT2D eigenvalue weighted by molar-refractivity contribution is -0.144. The van der Waals surface area contributed by atoms with E-state index in [9.17, 15) is 23.5 Å². The van der Waals surface area contributed by atoms with Gasteiger partial charge in [-0.05, 0) is 44.5 Å². The predicted octanol–water partition coefficient (Wildman–Crippen LogP) is 4.94. The number of carbonyl (C=O) groups excluding carboxylic acids is 2. The summed E-state index contributed by atoms with van der Waals surface area (Å²) in [4.78, 5) is 25.5. The molecular formula is C21H18ClF2NO4. The molecule has 29 heavy (non-hydrogen) atoms. The third-order valence-corrected chi connectivity index (χ3v) is 4.99. The van der Waals surface area contributed by atoms with Gasteiger partial charge in [0.2, 0.25) is 0 Å². The zero-order valence-corrected chi connectivity index (χ0v) is 16.7. The predicted molar refractivity (Wildman–Crippen MR) is 104 cm³/mol. The van der Waals surface area contributed by atoms with Gasteiger partial charge in [-0.3, -0.25) is 14.2 Å². The molecule has 1 heterocycles. The number of phenolic OH excluding ortho intramolecular Hbond substituents is 1. The van der Waals surface area contributed by atoms with Gasteiger partial charge in [-0.2, -0.15) is 0 Å². The maximum absolute atomic E-state index is 14.9. The number of ether oxygens (including phenoxy) is 1. The maximum atomic E-state index is 14.9. The molecule has 0 unspecified atom stereocenters. The number of fused-ring (bicyclic) bond motifs is 1. The van der Waals surface area contributed by atoms with E-state index >= 15 is 0 Å². The lowest BCUT2D eigenvalue weighted by atomic mass is 9.97. The van der Waals surface area contributed by atoms with E-state index in [2.05, 4.69) is 0 Å². The van der Waals surface area contributed by atoms with Crippen molar-refractivity contribution in [2.45, 2.75) is 26.7 Å². The summed E-state index contributed by atoms with van der Waals surface area (Å²) in [6, 6.07) is 6.97. The molecule has 0 fully saturated rings. The van der Waals surface area contributed by atoms with Crippen molar-refractivity contribution in [2.24, 2.45) is 0 Å². The van der Waals surface area contributed by atoms with E-state index < -0.39 is 35.2 Å². The topological polar surface area (TPSA) is 68.5 Å². The molecule has 3 aromatic rings. The number of aromatic hydroxyl groups is 1. The summed E-state index contributed by atoms with van der Waals surface area (Å²) >= 11 is 5.96. The molecule has 3 rings (SSSR count). The van der Waals surface area contributed by atoms with E-state index in [4.69, 9.17) is 16.3 Å².